The van der Waals surface area contributed by atoms with E-state index in [1.54, 1.807) is 31.2 Å². The molecule has 1 amide bonds. The summed E-state index contributed by atoms with van der Waals surface area (Å²) >= 11 is 6.20. The molecule has 0 unspecified atom stereocenters. The van der Waals surface area contributed by atoms with Crippen LogP contribution in [0, 0.1) is 17.0 Å². The Balaban J connectivity index is 2.19. The second-order valence-electron chi connectivity index (χ2n) is 5.50. The molecule has 0 heterocycles. The molecule has 0 bridgehead atoms. The molecule has 0 aromatic heterocycles. The van der Waals surface area contributed by atoms with Crippen molar-refractivity contribution < 1.29 is 19.2 Å². The lowest BCUT2D eigenvalue weighted by molar-refractivity contribution is -0.385. The molecule has 7 nitrogen and oxygen atoms in total. The fourth-order valence-electron chi connectivity index (χ4n) is 2.42. The molecule has 142 valence electrons. The lowest BCUT2D eigenvalue weighted by atomic mass is 10.1. The zero-order valence-corrected chi connectivity index (χ0v) is 15.9. The van der Waals surface area contributed by atoms with E-state index in [-0.39, 0.29) is 5.69 Å². The lowest BCUT2D eigenvalue weighted by Gasteiger charge is -2.12. The van der Waals surface area contributed by atoms with Crippen LogP contribution in [0.2, 0.25) is 5.02 Å². The Bertz CT molecular complexity index is 896. The van der Waals surface area contributed by atoms with Crippen LogP contribution in [0.4, 0.5) is 11.4 Å². The molecule has 0 saturated carbocycles. The van der Waals surface area contributed by atoms with Gasteiger partial charge >= 0.3 is 0 Å². The Morgan fingerprint density at radius 3 is 2.74 bits per heavy atom. The fraction of sp³-hybridized carbons (Fsp3) is 0.211. The van der Waals surface area contributed by atoms with Gasteiger partial charge in [-0.1, -0.05) is 17.7 Å². The van der Waals surface area contributed by atoms with Crippen LogP contribution in [0.25, 0.3) is 6.08 Å². The Morgan fingerprint density at radius 2 is 2.11 bits per heavy atom. The highest BCUT2D eigenvalue weighted by atomic mass is 35.5. The van der Waals surface area contributed by atoms with E-state index in [0.717, 1.165) is 0 Å². The van der Waals surface area contributed by atoms with Crippen LogP contribution in [0.5, 0.6) is 11.5 Å². The molecule has 0 saturated heterocycles. The van der Waals surface area contributed by atoms with Gasteiger partial charge in [-0.2, -0.15) is 0 Å². The van der Waals surface area contributed by atoms with Crippen LogP contribution >= 0.6 is 11.6 Å². The average molecular weight is 391 g/mol. The zero-order valence-electron chi connectivity index (χ0n) is 15.1. The first-order valence-electron chi connectivity index (χ1n) is 8.10. The molecular formula is C19H19ClN2O5. The van der Waals surface area contributed by atoms with Gasteiger partial charge in [0.05, 0.1) is 34.9 Å². The molecule has 2 aromatic rings. The van der Waals surface area contributed by atoms with E-state index in [1.165, 1.54) is 25.3 Å². The molecule has 0 radical (unpaired) electrons. The summed E-state index contributed by atoms with van der Waals surface area (Å²) in [5, 5.41) is 14.0. The molecule has 0 spiro atoms. The zero-order chi connectivity index (χ0) is 20.0. The number of benzene rings is 2. The first-order valence-corrected chi connectivity index (χ1v) is 8.48. The Kier molecular flexibility index (Phi) is 6.79. The maximum Gasteiger partial charge on any atom is 0.274 e. The fourth-order valence-corrected chi connectivity index (χ4v) is 2.70. The van der Waals surface area contributed by atoms with Gasteiger partial charge in [0.1, 0.15) is 0 Å². The molecule has 27 heavy (non-hydrogen) atoms. The molecule has 0 aliphatic carbocycles. The van der Waals surface area contributed by atoms with Gasteiger partial charge in [-0.3, -0.25) is 14.9 Å². The molecule has 0 fully saturated rings. The van der Waals surface area contributed by atoms with Crippen LogP contribution in [0.1, 0.15) is 18.1 Å². The van der Waals surface area contributed by atoms with Gasteiger partial charge < -0.3 is 14.8 Å². The summed E-state index contributed by atoms with van der Waals surface area (Å²) in [6.45, 7) is 3.86. The Labute approximate surface area is 161 Å². The summed E-state index contributed by atoms with van der Waals surface area (Å²) in [7, 11) is 1.50. The van der Waals surface area contributed by atoms with E-state index < -0.39 is 10.8 Å². The maximum absolute atomic E-state index is 12.2. The van der Waals surface area contributed by atoms with Crippen molar-refractivity contribution in [2.75, 3.05) is 19.0 Å². The summed E-state index contributed by atoms with van der Waals surface area (Å²) in [5.74, 6) is 0.469. The molecule has 8 heteroatoms. The van der Waals surface area contributed by atoms with Crippen molar-refractivity contribution in [1.82, 2.24) is 0 Å². The number of nitro benzene ring substituents is 1. The summed E-state index contributed by atoms with van der Waals surface area (Å²) in [6, 6.07) is 7.85. The second-order valence-corrected chi connectivity index (χ2v) is 5.90. The summed E-state index contributed by atoms with van der Waals surface area (Å²) in [4.78, 5) is 22.7. The third kappa shape index (κ3) is 4.98. The SMILES string of the molecule is CCOc1c(Cl)cc(/C=C/C(=O)Nc2cccc([N+](=O)[O-])c2C)cc1OC. The van der Waals surface area contributed by atoms with E-state index in [2.05, 4.69) is 5.32 Å². The molecule has 0 aliphatic heterocycles. The monoisotopic (exact) mass is 390 g/mol. The molecule has 0 atom stereocenters. The van der Waals surface area contributed by atoms with Crippen LogP contribution in [-0.4, -0.2) is 24.5 Å². The predicted octanol–water partition coefficient (Wildman–Crippen LogP) is 4.62. The summed E-state index contributed by atoms with van der Waals surface area (Å²) < 4.78 is 10.7. The smallest absolute Gasteiger partial charge is 0.274 e. The largest absolute Gasteiger partial charge is 0.493 e. The minimum absolute atomic E-state index is 0.0557. The molecule has 2 aromatic carbocycles. The number of halogens is 1. The number of ether oxygens (including phenoxy) is 2. The van der Waals surface area contributed by atoms with E-state index in [4.69, 9.17) is 21.1 Å². The van der Waals surface area contributed by atoms with Crippen molar-refractivity contribution in [2.24, 2.45) is 0 Å². The van der Waals surface area contributed by atoms with Gasteiger partial charge in [-0.05, 0) is 43.7 Å². The summed E-state index contributed by atoms with van der Waals surface area (Å²) in [5.41, 5.74) is 1.35. The van der Waals surface area contributed by atoms with Gasteiger partial charge in [0.15, 0.2) is 11.5 Å². The average Bonchev–Trinajstić information content (AvgIpc) is 2.63. The highest BCUT2D eigenvalue weighted by molar-refractivity contribution is 6.32. The highest BCUT2D eigenvalue weighted by Gasteiger charge is 2.14. The quantitative estimate of drug-likeness (QED) is 0.423. The number of methoxy groups -OCH3 is 1. The molecule has 1 N–H and O–H groups in total. The van der Waals surface area contributed by atoms with Crippen molar-refractivity contribution >= 4 is 35.0 Å². The number of hydrogen-bond acceptors (Lipinski definition) is 5. The normalized spacial score (nSPS) is 10.7. The highest BCUT2D eigenvalue weighted by Crippen LogP contribution is 2.36. The number of nitro groups is 1. The third-order valence-corrected chi connectivity index (χ3v) is 4.01. The number of nitrogens with one attached hydrogen (secondary N) is 1. The first-order chi connectivity index (χ1) is 12.9. The van der Waals surface area contributed by atoms with Gasteiger partial charge in [0.25, 0.3) is 5.69 Å². The number of rotatable bonds is 7. The molecular weight excluding hydrogens is 372 g/mol. The molecule has 2 rings (SSSR count). The molecule has 0 aliphatic rings. The van der Waals surface area contributed by atoms with Crippen LogP contribution < -0.4 is 14.8 Å². The van der Waals surface area contributed by atoms with Crippen LogP contribution in [0.15, 0.2) is 36.4 Å². The number of amides is 1. The Morgan fingerprint density at radius 1 is 1.37 bits per heavy atom. The third-order valence-electron chi connectivity index (χ3n) is 3.73. The predicted molar refractivity (Wildman–Crippen MR) is 105 cm³/mol. The van der Waals surface area contributed by atoms with Gasteiger partial charge in [0.2, 0.25) is 5.91 Å². The maximum atomic E-state index is 12.2. The van der Waals surface area contributed by atoms with Crippen LogP contribution in [-0.2, 0) is 4.79 Å². The topological polar surface area (TPSA) is 90.7 Å². The van der Waals surface area contributed by atoms with Gasteiger partial charge in [0, 0.05) is 12.1 Å². The number of nitrogens with zero attached hydrogens (tertiary/aromatic N) is 1. The van der Waals surface area contributed by atoms with E-state index in [1.807, 2.05) is 6.92 Å². The minimum atomic E-state index is -0.491. The van der Waals surface area contributed by atoms with Crippen molar-refractivity contribution in [3.05, 3.63) is 62.7 Å². The number of hydrogen-bond donors (Lipinski definition) is 1. The van der Waals surface area contributed by atoms with Crippen molar-refractivity contribution in [2.45, 2.75) is 13.8 Å². The van der Waals surface area contributed by atoms with E-state index >= 15 is 0 Å². The lowest BCUT2D eigenvalue weighted by Crippen LogP contribution is -2.09. The van der Waals surface area contributed by atoms with Crippen molar-refractivity contribution in [3.8, 4) is 11.5 Å². The van der Waals surface area contributed by atoms with Crippen molar-refractivity contribution in [3.63, 3.8) is 0 Å². The van der Waals surface area contributed by atoms with E-state index in [0.29, 0.717) is 39.9 Å². The number of anilines is 1. The van der Waals surface area contributed by atoms with Crippen LogP contribution in [0.3, 0.4) is 0 Å². The van der Waals surface area contributed by atoms with E-state index in [9.17, 15) is 14.9 Å². The summed E-state index contributed by atoms with van der Waals surface area (Å²) in [6.07, 6.45) is 2.87. The number of carbonyl (C=O) groups excluding carboxylic acids is 1. The number of carbonyl (C=O) groups is 1. The van der Waals surface area contributed by atoms with Gasteiger partial charge in [-0.15, -0.1) is 0 Å². The first kappa shape index (κ1) is 20.3. The minimum Gasteiger partial charge on any atom is -0.493 e. The Hall–Kier alpha value is -3.06. The van der Waals surface area contributed by atoms with Gasteiger partial charge in [-0.25, -0.2) is 0 Å². The van der Waals surface area contributed by atoms with Crippen molar-refractivity contribution in [1.29, 1.82) is 0 Å². The standard InChI is InChI=1S/C19H19ClN2O5/c1-4-27-19-14(20)10-13(11-17(19)26-3)8-9-18(23)21-15-6-5-7-16(12(15)2)22(24)25/h5-11H,4H2,1-3H3,(H,21,23)/b9-8+. The second kappa shape index (κ2) is 9.05.